The molecule has 0 spiro atoms. The van der Waals surface area contributed by atoms with Crippen molar-refractivity contribution in [2.24, 2.45) is 0 Å². The molecule has 0 atom stereocenters. The van der Waals surface area contributed by atoms with Gasteiger partial charge in [-0.15, -0.1) is 0 Å². The summed E-state index contributed by atoms with van der Waals surface area (Å²) < 4.78 is 42.9. The molecule has 3 aromatic rings. The van der Waals surface area contributed by atoms with Gasteiger partial charge in [-0.2, -0.15) is 18.3 Å². The second-order valence-corrected chi connectivity index (χ2v) is 6.07. The maximum Gasteiger partial charge on any atom is 0.416 e. The first-order valence-corrected chi connectivity index (χ1v) is 7.89. The van der Waals surface area contributed by atoms with Crippen LogP contribution in [-0.2, 0) is 6.18 Å². The van der Waals surface area contributed by atoms with Gasteiger partial charge in [-0.05, 0) is 24.3 Å². The Hall–Kier alpha value is -3.01. The lowest BCUT2D eigenvalue weighted by Crippen LogP contribution is -2.03. The molecule has 0 amide bonds. The lowest BCUT2D eigenvalue weighted by Gasteiger charge is -2.06. The van der Waals surface area contributed by atoms with E-state index in [2.05, 4.69) is 15.2 Å². The SMILES string of the molecule is O=C(C=C(O)c1nc[nH]n1)c1coc(Sc2ccc(C(F)(F)F)cc2)c1. The summed E-state index contributed by atoms with van der Waals surface area (Å²) in [5.74, 6) is -0.967. The maximum absolute atomic E-state index is 12.5. The lowest BCUT2D eigenvalue weighted by molar-refractivity contribution is -0.137. The standard InChI is InChI=1S/C16H10F3N3O3S/c17-16(18,19)10-1-3-11(4-2-10)26-14-5-9(7-25-14)12(23)6-13(24)15-20-8-21-22-15/h1-8,24H,(H,20,21,22). The molecule has 0 aliphatic heterocycles. The molecule has 0 saturated carbocycles. The smallest absolute Gasteiger partial charge is 0.416 e. The van der Waals surface area contributed by atoms with Crippen molar-refractivity contribution < 1.29 is 27.5 Å². The quantitative estimate of drug-likeness (QED) is 0.388. The number of rotatable bonds is 5. The number of aliphatic hydroxyl groups excluding tert-OH is 1. The number of halogens is 3. The van der Waals surface area contributed by atoms with Gasteiger partial charge < -0.3 is 9.52 Å². The molecule has 0 bridgehead atoms. The Balaban J connectivity index is 1.70. The molecule has 0 aliphatic carbocycles. The largest absolute Gasteiger partial charge is 0.504 e. The van der Waals surface area contributed by atoms with Crippen molar-refractivity contribution in [2.75, 3.05) is 0 Å². The number of carbonyl (C=O) groups excluding carboxylic acids is 1. The van der Waals surface area contributed by atoms with Crippen LogP contribution in [0.25, 0.3) is 5.76 Å². The van der Waals surface area contributed by atoms with E-state index < -0.39 is 23.3 Å². The highest BCUT2D eigenvalue weighted by Crippen LogP contribution is 2.33. The lowest BCUT2D eigenvalue weighted by atomic mass is 10.2. The number of H-pyrrole nitrogens is 1. The fraction of sp³-hybridized carbons (Fsp3) is 0.0625. The van der Waals surface area contributed by atoms with E-state index in [1.165, 1.54) is 30.8 Å². The molecule has 0 radical (unpaired) electrons. The van der Waals surface area contributed by atoms with Crippen molar-refractivity contribution in [1.82, 2.24) is 15.2 Å². The predicted molar refractivity (Wildman–Crippen MR) is 85.6 cm³/mol. The molecular weight excluding hydrogens is 371 g/mol. The van der Waals surface area contributed by atoms with Crippen LogP contribution in [0.2, 0.25) is 0 Å². The van der Waals surface area contributed by atoms with Crippen molar-refractivity contribution in [3.8, 4) is 0 Å². The molecular formula is C16H10F3N3O3S. The van der Waals surface area contributed by atoms with E-state index in [1.807, 2.05) is 0 Å². The summed E-state index contributed by atoms with van der Waals surface area (Å²) in [6, 6.07) is 5.98. The number of aromatic nitrogens is 3. The van der Waals surface area contributed by atoms with Crippen molar-refractivity contribution in [3.63, 3.8) is 0 Å². The number of aromatic amines is 1. The van der Waals surface area contributed by atoms with E-state index in [1.54, 1.807) is 0 Å². The number of allylic oxidation sites excluding steroid dienone is 1. The van der Waals surface area contributed by atoms with Gasteiger partial charge in [0.25, 0.3) is 0 Å². The van der Waals surface area contributed by atoms with Gasteiger partial charge in [0.1, 0.15) is 12.6 Å². The third-order valence-corrected chi connectivity index (χ3v) is 4.10. The summed E-state index contributed by atoms with van der Waals surface area (Å²) in [6.45, 7) is 0. The van der Waals surface area contributed by atoms with Crippen LogP contribution in [0, 0.1) is 0 Å². The molecule has 6 nitrogen and oxygen atoms in total. The Morgan fingerprint density at radius 3 is 2.62 bits per heavy atom. The molecule has 1 aromatic carbocycles. The zero-order valence-corrected chi connectivity index (χ0v) is 13.6. The van der Waals surface area contributed by atoms with Crippen LogP contribution < -0.4 is 0 Å². The van der Waals surface area contributed by atoms with E-state index in [-0.39, 0.29) is 11.4 Å². The Labute approximate surface area is 148 Å². The van der Waals surface area contributed by atoms with Crippen LogP contribution in [0.1, 0.15) is 21.7 Å². The third-order valence-electron chi connectivity index (χ3n) is 3.17. The second-order valence-electron chi connectivity index (χ2n) is 5.00. The minimum Gasteiger partial charge on any atom is -0.504 e. The number of furan rings is 1. The average Bonchev–Trinajstić information content (AvgIpc) is 3.26. The number of benzene rings is 1. The molecule has 2 N–H and O–H groups in total. The highest BCUT2D eigenvalue weighted by Gasteiger charge is 2.30. The normalized spacial score (nSPS) is 12.3. The van der Waals surface area contributed by atoms with Crippen LogP contribution in [0.5, 0.6) is 0 Å². The molecule has 0 saturated heterocycles. The van der Waals surface area contributed by atoms with Gasteiger partial charge in [0, 0.05) is 17.0 Å². The number of aliphatic hydroxyl groups is 1. The van der Waals surface area contributed by atoms with Crippen molar-refractivity contribution >= 4 is 23.3 Å². The van der Waals surface area contributed by atoms with Gasteiger partial charge in [0.15, 0.2) is 16.6 Å². The van der Waals surface area contributed by atoms with Gasteiger partial charge in [-0.1, -0.05) is 11.8 Å². The highest BCUT2D eigenvalue weighted by molar-refractivity contribution is 7.99. The highest BCUT2D eigenvalue weighted by atomic mass is 32.2. The zero-order chi connectivity index (χ0) is 18.7. The second kappa shape index (κ2) is 7.08. The van der Waals surface area contributed by atoms with Crippen molar-refractivity contribution in [3.05, 3.63) is 65.9 Å². The van der Waals surface area contributed by atoms with E-state index in [4.69, 9.17) is 4.42 Å². The zero-order valence-electron chi connectivity index (χ0n) is 12.8. The Morgan fingerprint density at radius 1 is 1.27 bits per heavy atom. The minimum absolute atomic E-state index is 0.0267. The van der Waals surface area contributed by atoms with Crippen molar-refractivity contribution in [2.45, 2.75) is 16.2 Å². The fourth-order valence-electron chi connectivity index (χ4n) is 1.93. The molecule has 2 heterocycles. The summed E-state index contributed by atoms with van der Waals surface area (Å²) in [4.78, 5) is 16.3. The first-order valence-electron chi connectivity index (χ1n) is 7.08. The molecule has 3 rings (SSSR count). The van der Waals surface area contributed by atoms with Gasteiger partial charge in [0.2, 0.25) is 5.82 Å². The summed E-state index contributed by atoms with van der Waals surface area (Å²) in [7, 11) is 0. The van der Waals surface area contributed by atoms with Gasteiger partial charge in [-0.3, -0.25) is 9.89 Å². The predicted octanol–water partition coefficient (Wildman–Crippen LogP) is 4.35. The van der Waals surface area contributed by atoms with E-state index >= 15 is 0 Å². The summed E-state index contributed by atoms with van der Waals surface area (Å²) in [5.41, 5.74) is -0.578. The fourth-order valence-corrected chi connectivity index (χ4v) is 2.72. The summed E-state index contributed by atoms with van der Waals surface area (Å²) in [5, 5.41) is 16.1. The number of nitrogens with one attached hydrogen (secondary N) is 1. The molecule has 0 unspecified atom stereocenters. The van der Waals surface area contributed by atoms with Gasteiger partial charge >= 0.3 is 6.18 Å². The number of hydrogen-bond acceptors (Lipinski definition) is 6. The van der Waals surface area contributed by atoms with E-state index in [9.17, 15) is 23.1 Å². The summed E-state index contributed by atoms with van der Waals surface area (Å²) >= 11 is 1.06. The number of hydrogen-bond donors (Lipinski definition) is 2. The maximum atomic E-state index is 12.5. The van der Waals surface area contributed by atoms with Crippen LogP contribution in [0.15, 0.2) is 63.4 Å². The van der Waals surface area contributed by atoms with E-state index in [0.29, 0.717) is 9.99 Å². The van der Waals surface area contributed by atoms with Crippen LogP contribution in [0.4, 0.5) is 13.2 Å². The number of carbonyl (C=O) groups is 1. The van der Waals surface area contributed by atoms with Gasteiger partial charge in [-0.25, -0.2) is 4.98 Å². The van der Waals surface area contributed by atoms with E-state index in [0.717, 1.165) is 30.0 Å². The third kappa shape index (κ3) is 4.14. The topological polar surface area (TPSA) is 92.0 Å². The van der Waals surface area contributed by atoms with Crippen LogP contribution in [0.3, 0.4) is 0 Å². The Bertz CT molecular complexity index is 932. The van der Waals surface area contributed by atoms with Crippen LogP contribution in [-0.4, -0.2) is 26.1 Å². The number of ketones is 1. The summed E-state index contributed by atoms with van der Waals surface area (Å²) in [6.07, 6.45) is -1.01. The molecule has 0 aliphatic rings. The Kier molecular flexibility index (Phi) is 4.85. The van der Waals surface area contributed by atoms with Crippen molar-refractivity contribution in [1.29, 1.82) is 0 Å². The van der Waals surface area contributed by atoms with Gasteiger partial charge in [0.05, 0.1) is 11.1 Å². The van der Waals surface area contributed by atoms with Crippen LogP contribution >= 0.6 is 11.8 Å². The monoisotopic (exact) mass is 381 g/mol. The minimum atomic E-state index is -4.40. The first-order chi connectivity index (χ1) is 12.3. The molecule has 2 aromatic heterocycles. The molecule has 0 fully saturated rings. The molecule has 26 heavy (non-hydrogen) atoms. The molecule has 134 valence electrons. The molecule has 10 heteroatoms. The first kappa shape index (κ1) is 17.8. The Morgan fingerprint density at radius 2 is 2.00 bits per heavy atom. The number of alkyl halides is 3. The average molecular weight is 381 g/mol. The number of nitrogens with zero attached hydrogens (tertiary/aromatic N) is 2.